The summed E-state index contributed by atoms with van der Waals surface area (Å²) in [5.41, 5.74) is 3.30. The summed E-state index contributed by atoms with van der Waals surface area (Å²) >= 11 is 0. The van der Waals surface area contributed by atoms with E-state index in [2.05, 4.69) is 0 Å². The maximum Gasteiger partial charge on any atom is 1.00 e. The van der Waals surface area contributed by atoms with Crippen molar-refractivity contribution in [1.82, 2.24) is 0 Å². The molecule has 10 heteroatoms. The third-order valence-corrected chi connectivity index (χ3v) is 2.56. The van der Waals surface area contributed by atoms with Crippen molar-refractivity contribution in [2.75, 3.05) is 5.73 Å². The molecule has 0 saturated heterocycles. The van der Waals surface area contributed by atoms with Crippen LogP contribution in [0.15, 0.2) is 17.0 Å². The second-order valence-corrected chi connectivity index (χ2v) is 4.00. The SMILES string of the molecule is Nc1c(S(=O)(=O)O)ccc([O-])c1C(=O)[O-].[Na+].[Na+]. The van der Waals surface area contributed by atoms with Gasteiger partial charge in [-0.25, -0.2) is 0 Å². The van der Waals surface area contributed by atoms with E-state index < -0.39 is 38.0 Å². The van der Waals surface area contributed by atoms with Gasteiger partial charge < -0.3 is 20.7 Å². The molecule has 17 heavy (non-hydrogen) atoms. The van der Waals surface area contributed by atoms with Crippen molar-refractivity contribution in [3.05, 3.63) is 17.7 Å². The number of rotatable bonds is 2. The Bertz CT molecular complexity index is 529. The van der Waals surface area contributed by atoms with Crippen LogP contribution in [0.2, 0.25) is 0 Å². The minimum Gasteiger partial charge on any atom is -0.872 e. The summed E-state index contributed by atoms with van der Waals surface area (Å²) in [5, 5.41) is 21.4. The summed E-state index contributed by atoms with van der Waals surface area (Å²) in [7, 11) is -4.66. The van der Waals surface area contributed by atoms with Crippen molar-refractivity contribution in [2.45, 2.75) is 4.90 Å². The first-order valence-corrected chi connectivity index (χ1v) is 4.97. The average molecular weight is 277 g/mol. The standard InChI is InChI=1S/C7H7NO6S.2Na/c8-6-4(15(12,13)14)2-1-3(9)5(6)7(10)11;;/h1-2,9H,8H2,(H,10,11)(H,12,13,14);;/q;2*+1/p-2. The Hall–Kier alpha value is 0.200. The molecule has 0 aliphatic carbocycles. The number of benzene rings is 1. The van der Waals surface area contributed by atoms with Crippen LogP contribution in [-0.2, 0) is 10.1 Å². The van der Waals surface area contributed by atoms with Gasteiger partial charge in [0.2, 0.25) is 0 Å². The van der Waals surface area contributed by atoms with Crippen molar-refractivity contribution in [3.63, 3.8) is 0 Å². The minimum absolute atomic E-state index is 0. The summed E-state index contributed by atoms with van der Waals surface area (Å²) in [5.74, 6) is -2.89. The number of nitrogen functional groups attached to an aromatic ring is 1. The van der Waals surface area contributed by atoms with Crippen molar-refractivity contribution < 1.29 is 87.1 Å². The van der Waals surface area contributed by atoms with Crippen LogP contribution in [-0.4, -0.2) is 18.9 Å². The first kappa shape index (κ1) is 19.5. The van der Waals surface area contributed by atoms with Gasteiger partial charge in [-0.05, 0) is 6.07 Å². The van der Waals surface area contributed by atoms with E-state index in [1.807, 2.05) is 0 Å². The van der Waals surface area contributed by atoms with Gasteiger partial charge in [-0.1, -0.05) is 11.8 Å². The van der Waals surface area contributed by atoms with Crippen LogP contribution < -0.4 is 75.1 Å². The predicted molar refractivity (Wildman–Crippen MR) is 44.4 cm³/mol. The van der Waals surface area contributed by atoms with Gasteiger partial charge in [0.25, 0.3) is 10.1 Å². The zero-order valence-electron chi connectivity index (χ0n) is 9.13. The quantitative estimate of drug-likeness (QED) is 0.310. The number of hydrogen-bond donors (Lipinski definition) is 2. The fourth-order valence-electron chi connectivity index (χ4n) is 1.02. The maximum absolute atomic E-state index is 11.0. The Labute approximate surface area is 141 Å². The zero-order chi connectivity index (χ0) is 11.8. The maximum atomic E-state index is 11.0. The van der Waals surface area contributed by atoms with E-state index in [9.17, 15) is 23.4 Å². The molecule has 0 aromatic heterocycles. The number of anilines is 1. The molecule has 82 valence electrons. The number of carbonyl (C=O) groups excluding carboxylic acids is 1. The van der Waals surface area contributed by atoms with Gasteiger partial charge in [-0.2, -0.15) is 8.42 Å². The van der Waals surface area contributed by atoms with Gasteiger partial charge in [0.1, 0.15) is 4.90 Å². The van der Waals surface area contributed by atoms with Crippen LogP contribution >= 0.6 is 0 Å². The number of carbonyl (C=O) groups is 1. The molecule has 0 heterocycles. The molecule has 0 amide bonds. The van der Waals surface area contributed by atoms with Gasteiger partial charge in [-0.3, -0.25) is 4.55 Å². The van der Waals surface area contributed by atoms with E-state index >= 15 is 0 Å². The van der Waals surface area contributed by atoms with E-state index in [4.69, 9.17) is 10.3 Å². The second kappa shape index (κ2) is 6.95. The third kappa shape index (κ3) is 4.42. The molecule has 0 fully saturated rings. The van der Waals surface area contributed by atoms with E-state index in [-0.39, 0.29) is 59.1 Å². The van der Waals surface area contributed by atoms with Crippen LogP contribution in [0.1, 0.15) is 10.4 Å². The fraction of sp³-hybridized carbons (Fsp3) is 0. The van der Waals surface area contributed by atoms with Crippen molar-refractivity contribution in [2.24, 2.45) is 0 Å². The molecule has 0 spiro atoms. The molecular formula is C7H5NNa2O6S. The van der Waals surface area contributed by atoms with Gasteiger partial charge in [0, 0.05) is 5.56 Å². The number of hydrogen-bond acceptors (Lipinski definition) is 6. The van der Waals surface area contributed by atoms with Gasteiger partial charge in [0.05, 0.1) is 11.7 Å². The molecule has 0 aliphatic heterocycles. The normalized spacial score (nSPS) is 9.94. The summed E-state index contributed by atoms with van der Waals surface area (Å²) in [6.07, 6.45) is 0. The largest absolute Gasteiger partial charge is 1.00 e. The predicted octanol–water partition coefficient (Wildman–Crippen LogP) is -8.04. The Morgan fingerprint density at radius 2 is 1.76 bits per heavy atom. The van der Waals surface area contributed by atoms with Gasteiger partial charge >= 0.3 is 59.1 Å². The zero-order valence-corrected chi connectivity index (χ0v) is 13.9. The Balaban J connectivity index is 0. The molecule has 7 nitrogen and oxygen atoms in total. The second-order valence-electron chi connectivity index (χ2n) is 2.61. The van der Waals surface area contributed by atoms with Gasteiger partial charge in [-0.15, -0.1) is 0 Å². The number of aromatic carboxylic acids is 1. The van der Waals surface area contributed by atoms with Crippen molar-refractivity contribution >= 4 is 21.8 Å². The summed E-state index contributed by atoms with van der Waals surface area (Å²) < 4.78 is 30.0. The molecule has 0 unspecified atom stereocenters. The van der Waals surface area contributed by atoms with Crippen molar-refractivity contribution in [3.8, 4) is 5.75 Å². The summed E-state index contributed by atoms with van der Waals surface area (Å²) in [6, 6.07) is 1.39. The average Bonchev–Trinajstić information content (AvgIpc) is 2.00. The number of carboxylic acid groups (broad SMARTS) is 1. The smallest absolute Gasteiger partial charge is 0.872 e. The monoisotopic (exact) mass is 277 g/mol. The van der Waals surface area contributed by atoms with Crippen LogP contribution in [0.4, 0.5) is 5.69 Å². The van der Waals surface area contributed by atoms with Crippen LogP contribution in [0.5, 0.6) is 5.75 Å². The molecule has 1 rings (SSSR count). The molecule has 0 atom stereocenters. The van der Waals surface area contributed by atoms with E-state index in [0.717, 1.165) is 6.07 Å². The Morgan fingerprint density at radius 1 is 1.29 bits per heavy atom. The summed E-state index contributed by atoms with van der Waals surface area (Å²) in [4.78, 5) is 9.62. The molecule has 0 radical (unpaired) electrons. The Morgan fingerprint density at radius 3 is 2.12 bits per heavy atom. The molecule has 0 saturated carbocycles. The number of carboxylic acids is 1. The molecule has 1 aromatic carbocycles. The first-order chi connectivity index (χ1) is 6.75. The topological polar surface area (TPSA) is 144 Å². The van der Waals surface area contributed by atoms with Crippen LogP contribution in [0, 0.1) is 0 Å². The van der Waals surface area contributed by atoms with E-state index in [0.29, 0.717) is 6.07 Å². The molecule has 3 N–H and O–H groups in total. The Kier molecular flexibility index (Phi) is 7.99. The first-order valence-electron chi connectivity index (χ1n) is 3.53. The van der Waals surface area contributed by atoms with E-state index in [1.54, 1.807) is 0 Å². The third-order valence-electron chi connectivity index (χ3n) is 1.65. The number of nitrogens with two attached hydrogens (primary N) is 1. The van der Waals surface area contributed by atoms with Crippen LogP contribution in [0.25, 0.3) is 0 Å². The molecular weight excluding hydrogens is 272 g/mol. The summed E-state index contributed by atoms with van der Waals surface area (Å²) in [6.45, 7) is 0. The van der Waals surface area contributed by atoms with E-state index in [1.165, 1.54) is 0 Å². The molecule has 1 aromatic rings. The molecule has 0 bridgehead atoms. The van der Waals surface area contributed by atoms with Crippen molar-refractivity contribution in [1.29, 1.82) is 0 Å². The minimum atomic E-state index is -4.66. The fourth-order valence-corrected chi connectivity index (χ4v) is 1.64. The van der Waals surface area contributed by atoms with Gasteiger partial charge in [0.15, 0.2) is 0 Å². The molecule has 0 aliphatic rings. The van der Waals surface area contributed by atoms with Crippen LogP contribution in [0.3, 0.4) is 0 Å².